The molecule has 2 amide bonds. The Balaban J connectivity index is 2.07. The lowest BCUT2D eigenvalue weighted by Crippen LogP contribution is -2.41. The number of hydrazine groups is 1. The van der Waals surface area contributed by atoms with Crippen LogP contribution in [0, 0.1) is 10.1 Å². The second-order valence-corrected chi connectivity index (χ2v) is 5.10. The van der Waals surface area contributed by atoms with Gasteiger partial charge in [0.15, 0.2) is 0 Å². The number of rotatable bonds is 3. The van der Waals surface area contributed by atoms with Gasteiger partial charge in [-0.05, 0) is 18.2 Å². The van der Waals surface area contributed by atoms with Crippen LogP contribution in [0.4, 0.5) is 5.69 Å². The summed E-state index contributed by atoms with van der Waals surface area (Å²) in [7, 11) is 0. The molecule has 0 aromatic heterocycles. The van der Waals surface area contributed by atoms with Crippen LogP contribution >= 0.6 is 23.2 Å². The van der Waals surface area contributed by atoms with E-state index in [1.54, 1.807) is 0 Å². The van der Waals surface area contributed by atoms with E-state index < -0.39 is 16.7 Å². The molecule has 118 valence electrons. The van der Waals surface area contributed by atoms with Gasteiger partial charge in [0.2, 0.25) is 0 Å². The molecule has 0 fully saturated rings. The molecule has 0 unspecified atom stereocenters. The maximum Gasteiger partial charge on any atom is 0.271 e. The van der Waals surface area contributed by atoms with Crippen LogP contribution in [0.3, 0.4) is 0 Å². The third-order valence-electron chi connectivity index (χ3n) is 2.80. The van der Waals surface area contributed by atoms with Crippen LogP contribution in [0.15, 0.2) is 42.5 Å². The molecule has 0 heterocycles. The second-order valence-electron chi connectivity index (χ2n) is 4.32. The van der Waals surface area contributed by atoms with E-state index in [4.69, 9.17) is 23.2 Å². The summed E-state index contributed by atoms with van der Waals surface area (Å²) in [4.78, 5) is 33.9. The molecule has 0 spiro atoms. The Morgan fingerprint density at radius 3 is 2.35 bits per heavy atom. The molecule has 0 aliphatic heterocycles. The van der Waals surface area contributed by atoms with Crippen molar-refractivity contribution in [1.29, 1.82) is 0 Å². The van der Waals surface area contributed by atoms with Gasteiger partial charge in [-0.3, -0.25) is 30.6 Å². The van der Waals surface area contributed by atoms with Gasteiger partial charge >= 0.3 is 0 Å². The zero-order valence-electron chi connectivity index (χ0n) is 11.4. The van der Waals surface area contributed by atoms with Crippen LogP contribution in [0.1, 0.15) is 20.7 Å². The van der Waals surface area contributed by atoms with Crippen molar-refractivity contribution >= 4 is 40.7 Å². The Hall–Kier alpha value is -2.64. The van der Waals surface area contributed by atoms with E-state index >= 15 is 0 Å². The normalized spacial score (nSPS) is 10.0. The van der Waals surface area contributed by atoms with Crippen LogP contribution in [0.5, 0.6) is 0 Å². The van der Waals surface area contributed by atoms with E-state index in [0.29, 0.717) is 0 Å². The summed E-state index contributed by atoms with van der Waals surface area (Å²) in [5.41, 5.74) is 4.18. The minimum atomic E-state index is -0.708. The molecule has 2 N–H and O–H groups in total. The Bertz CT molecular complexity index is 795. The fourth-order valence-corrected chi connectivity index (χ4v) is 2.08. The lowest BCUT2D eigenvalue weighted by atomic mass is 10.2. The molecule has 7 nitrogen and oxygen atoms in total. The standard InChI is InChI=1S/C14H9Cl2N3O4/c15-11-6-2-5-10(12(11)16)14(21)18-17-13(20)8-3-1-4-9(7-8)19(22)23/h1-7H,(H,17,20)(H,18,21). The number of amides is 2. The first kappa shape index (κ1) is 16.7. The Labute approximate surface area is 140 Å². The fourth-order valence-electron chi connectivity index (χ4n) is 1.69. The molecular weight excluding hydrogens is 345 g/mol. The zero-order chi connectivity index (χ0) is 17.0. The molecule has 0 atom stereocenters. The molecule has 0 saturated carbocycles. The summed E-state index contributed by atoms with van der Waals surface area (Å²) >= 11 is 11.7. The van der Waals surface area contributed by atoms with Crippen molar-refractivity contribution in [3.63, 3.8) is 0 Å². The number of nitrogens with one attached hydrogen (secondary N) is 2. The van der Waals surface area contributed by atoms with Crippen molar-refractivity contribution in [2.24, 2.45) is 0 Å². The Kier molecular flexibility index (Phi) is 5.15. The van der Waals surface area contributed by atoms with Gasteiger partial charge in [0, 0.05) is 17.7 Å². The summed E-state index contributed by atoms with van der Waals surface area (Å²) in [6.07, 6.45) is 0. The highest BCUT2D eigenvalue weighted by atomic mass is 35.5. The number of halogens is 2. The van der Waals surface area contributed by atoms with E-state index in [-0.39, 0.29) is 26.9 Å². The molecule has 2 rings (SSSR count). The summed E-state index contributed by atoms with van der Waals surface area (Å²) in [5, 5.41) is 10.9. The van der Waals surface area contributed by atoms with E-state index in [2.05, 4.69) is 10.9 Å². The molecule has 0 saturated heterocycles. The molecule has 0 aliphatic carbocycles. The number of carbonyl (C=O) groups is 2. The summed E-state index contributed by atoms with van der Waals surface area (Å²) in [6.45, 7) is 0. The number of non-ortho nitro benzene ring substituents is 1. The van der Waals surface area contributed by atoms with E-state index in [1.165, 1.54) is 36.4 Å². The van der Waals surface area contributed by atoms with E-state index in [0.717, 1.165) is 6.07 Å². The topological polar surface area (TPSA) is 101 Å². The minimum absolute atomic E-state index is 0.0247. The van der Waals surface area contributed by atoms with Crippen molar-refractivity contribution in [2.75, 3.05) is 0 Å². The fraction of sp³-hybridized carbons (Fsp3) is 0. The second kappa shape index (κ2) is 7.08. The van der Waals surface area contributed by atoms with Gasteiger partial charge in [-0.2, -0.15) is 0 Å². The van der Waals surface area contributed by atoms with Gasteiger partial charge in [-0.25, -0.2) is 0 Å². The van der Waals surface area contributed by atoms with Gasteiger partial charge in [-0.15, -0.1) is 0 Å². The average Bonchev–Trinajstić information content (AvgIpc) is 2.55. The van der Waals surface area contributed by atoms with Gasteiger partial charge in [-0.1, -0.05) is 35.3 Å². The first-order valence-electron chi connectivity index (χ1n) is 6.19. The summed E-state index contributed by atoms with van der Waals surface area (Å²) < 4.78 is 0. The van der Waals surface area contributed by atoms with E-state index in [9.17, 15) is 19.7 Å². The number of hydrogen-bond donors (Lipinski definition) is 2. The predicted molar refractivity (Wildman–Crippen MR) is 84.5 cm³/mol. The minimum Gasteiger partial charge on any atom is -0.267 e. The monoisotopic (exact) mass is 353 g/mol. The first-order valence-corrected chi connectivity index (χ1v) is 6.95. The van der Waals surface area contributed by atoms with Gasteiger partial charge in [0.1, 0.15) is 0 Å². The quantitative estimate of drug-likeness (QED) is 0.654. The molecule has 0 radical (unpaired) electrons. The van der Waals surface area contributed by atoms with Crippen molar-refractivity contribution in [3.8, 4) is 0 Å². The van der Waals surface area contributed by atoms with Crippen molar-refractivity contribution < 1.29 is 14.5 Å². The van der Waals surface area contributed by atoms with Crippen LogP contribution in [-0.4, -0.2) is 16.7 Å². The summed E-state index contributed by atoms with van der Waals surface area (Å²) in [6, 6.07) is 9.56. The molecule has 0 aliphatic rings. The Morgan fingerprint density at radius 1 is 1.00 bits per heavy atom. The van der Waals surface area contributed by atoms with Crippen molar-refractivity contribution in [3.05, 3.63) is 73.8 Å². The summed E-state index contributed by atoms with van der Waals surface area (Å²) in [5.74, 6) is -1.38. The van der Waals surface area contributed by atoms with Crippen LogP contribution in [0.2, 0.25) is 10.0 Å². The number of nitro groups is 1. The number of benzene rings is 2. The predicted octanol–water partition coefficient (Wildman–Crippen LogP) is 2.98. The van der Waals surface area contributed by atoms with Crippen molar-refractivity contribution in [2.45, 2.75) is 0 Å². The number of nitro benzene ring substituents is 1. The molecule has 2 aromatic rings. The highest BCUT2D eigenvalue weighted by Crippen LogP contribution is 2.25. The SMILES string of the molecule is O=C(NNC(=O)c1cccc(Cl)c1Cl)c1cccc([N+](=O)[O-])c1. The first-order chi connectivity index (χ1) is 10.9. The van der Waals surface area contributed by atoms with Crippen LogP contribution in [0.25, 0.3) is 0 Å². The number of nitrogens with zero attached hydrogens (tertiary/aromatic N) is 1. The maximum absolute atomic E-state index is 12.0. The highest BCUT2D eigenvalue weighted by Gasteiger charge is 2.15. The van der Waals surface area contributed by atoms with Gasteiger partial charge < -0.3 is 0 Å². The van der Waals surface area contributed by atoms with Gasteiger partial charge in [0.25, 0.3) is 17.5 Å². The molecule has 0 bridgehead atoms. The number of carbonyl (C=O) groups excluding carboxylic acids is 2. The largest absolute Gasteiger partial charge is 0.271 e. The Morgan fingerprint density at radius 2 is 1.65 bits per heavy atom. The third kappa shape index (κ3) is 3.97. The molecule has 9 heteroatoms. The molecular formula is C14H9Cl2N3O4. The highest BCUT2D eigenvalue weighted by molar-refractivity contribution is 6.43. The van der Waals surface area contributed by atoms with Crippen molar-refractivity contribution in [1.82, 2.24) is 10.9 Å². The number of hydrogen-bond acceptors (Lipinski definition) is 4. The third-order valence-corrected chi connectivity index (χ3v) is 3.62. The van der Waals surface area contributed by atoms with Crippen LogP contribution in [-0.2, 0) is 0 Å². The lowest BCUT2D eigenvalue weighted by Gasteiger charge is -2.09. The zero-order valence-corrected chi connectivity index (χ0v) is 12.9. The van der Waals surface area contributed by atoms with Gasteiger partial charge in [0.05, 0.1) is 20.5 Å². The lowest BCUT2D eigenvalue weighted by molar-refractivity contribution is -0.384. The molecule has 2 aromatic carbocycles. The average molecular weight is 354 g/mol. The molecule has 23 heavy (non-hydrogen) atoms. The smallest absolute Gasteiger partial charge is 0.267 e. The maximum atomic E-state index is 12.0. The van der Waals surface area contributed by atoms with E-state index in [1.807, 2.05) is 0 Å². The van der Waals surface area contributed by atoms with Crippen LogP contribution < -0.4 is 10.9 Å².